The number of para-hydroxylation sites is 2. The Labute approximate surface area is 164 Å². The summed E-state index contributed by atoms with van der Waals surface area (Å²) in [7, 11) is 0. The van der Waals surface area contributed by atoms with Crippen molar-refractivity contribution in [2.45, 2.75) is 25.6 Å². The van der Waals surface area contributed by atoms with E-state index in [9.17, 15) is 9.59 Å². The highest BCUT2D eigenvalue weighted by atomic mass is 16.6. The Morgan fingerprint density at radius 1 is 1.00 bits per heavy atom. The molecule has 7 nitrogen and oxygen atoms in total. The van der Waals surface area contributed by atoms with E-state index in [-0.39, 0.29) is 18.6 Å². The van der Waals surface area contributed by atoms with Crippen molar-refractivity contribution >= 4 is 12.0 Å². The number of ether oxygens (including phenoxy) is 3. The van der Waals surface area contributed by atoms with Gasteiger partial charge in [-0.25, -0.2) is 4.79 Å². The van der Waals surface area contributed by atoms with Crippen molar-refractivity contribution in [3.8, 4) is 11.5 Å². The lowest BCUT2D eigenvalue weighted by molar-refractivity contribution is -0.121. The van der Waals surface area contributed by atoms with E-state index in [0.717, 1.165) is 11.3 Å². The van der Waals surface area contributed by atoms with E-state index in [4.69, 9.17) is 14.2 Å². The molecule has 1 unspecified atom stereocenters. The number of rotatable bonds is 8. The van der Waals surface area contributed by atoms with Crippen molar-refractivity contribution in [3.63, 3.8) is 0 Å². The molecule has 0 fully saturated rings. The normalized spacial score (nSPS) is 14.8. The van der Waals surface area contributed by atoms with Crippen LogP contribution in [0.3, 0.4) is 0 Å². The molecule has 1 aliphatic rings. The molecule has 0 bridgehead atoms. The van der Waals surface area contributed by atoms with E-state index in [1.807, 2.05) is 54.6 Å². The second kappa shape index (κ2) is 10.2. The Bertz CT molecular complexity index is 781. The summed E-state index contributed by atoms with van der Waals surface area (Å²) < 4.78 is 16.5. The van der Waals surface area contributed by atoms with E-state index >= 15 is 0 Å². The van der Waals surface area contributed by atoms with Gasteiger partial charge in [0.05, 0.1) is 6.54 Å². The fourth-order valence-corrected chi connectivity index (χ4v) is 2.69. The molecule has 3 rings (SSSR count). The number of fused-ring (bicyclic) bond motifs is 1. The summed E-state index contributed by atoms with van der Waals surface area (Å²) in [6.45, 7) is 1.36. The van der Waals surface area contributed by atoms with Crippen LogP contribution in [0.1, 0.15) is 18.4 Å². The highest BCUT2D eigenvalue weighted by molar-refractivity contribution is 5.76. The van der Waals surface area contributed by atoms with Crippen LogP contribution in [-0.2, 0) is 16.1 Å². The largest absolute Gasteiger partial charge is 0.486 e. The SMILES string of the molecule is O=C(CCCNC(=O)OCc1ccccc1)NCC1COc2ccccc2O1. The van der Waals surface area contributed by atoms with Crippen LogP contribution in [0.25, 0.3) is 0 Å². The lowest BCUT2D eigenvalue weighted by Crippen LogP contribution is -2.40. The summed E-state index contributed by atoms with van der Waals surface area (Å²) in [6.07, 6.45) is 0.126. The van der Waals surface area contributed by atoms with Gasteiger partial charge in [-0.2, -0.15) is 0 Å². The molecule has 148 valence electrons. The van der Waals surface area contributed by atoms with Crippen molar-refractivity contribution < 1.29 is 23.8 Å². The highest BCUT2D eigenvalue weighted by Gasteiger charge is 2.20. The van der Waals surface area contributed by atoms with Crippen LogP contribution in [0, 0.1) is 0 Å². The molecule has 2 aromatic carbocycles. The monoisotopic (exact) mass is 384 g/mol. The van der Waals surface area contributed by atoms with Crippen LogP contribution in [0.4, 0.5) is 4.79 Å². The molecule has 2 aromatic rings. The molecule has 0 spiro atoms. The molecule has 0 radical (unpaired) electrons. The maximum absolute atomic E-state index is 11.9. The third kappa shape index (κ3) is 6.19. The average Bonchev–Trinajstić information content (AvgIpc) is 2.74. The molecule has 0 aromatic heterocycles. The first-order valence-electron chi connectivity index (χ1n) is 9.30. The molecule has 0 saturated heterocycles. The maximum Gasteiger partial charge on any atom is 0.407 e. The quantitative estimate of drug-likeness (QED) is 0.684. The molecule has 28 heavy (non-hydrogen) atoms. The topological polar surface area (TPSA) is 85.9 Å². The van der Waals surface area contributed by atoms with Gasteiger partial charge in [0.25, 0.3) is 0 Å². The van der Waals surface area contributed by atoms with Gasteiger partial charge in [0.1, 0.15) is 19.3 Å². The van der Waals surface area contributed by atoms with E-state index in [1.165, 1.54) is 0 Å². The van der Waals surface area contributed by atoms with Crippen LogP contribution in [-0.4, -0.2) is 37.8 Å². The number of carbonyl (C=O) groups is 2. The number of hydrogen-bond acceptors (Lipinski definition) is 5. The lowest BCUT2D eigenvalue weighted by Gasteiger charge is -2.26. The van der Waals surface area contributed by atoms with E-state index in [1.54, 1.807) is 0 Å². The van der Waals surface area contributed by atoms with Gasteiger partial charge >= 0.3 is 6.09 Å². The molecule has 1 atom stereocenters. The number of hydrogen-bond donors (Lipinski definition) is 2. The second-order valence-corrected chi connectivity index (χ2v) is 6.39. The van der Waals surface area contributed by atoms with Gasteiger partial charge in [-0.1, -0.05) is 42.5 Å². The third-order valence-corrected chi connectivity index (χ3v) is 4.16. The molecular formula is C21H24N2O5. The Morgan fingerprint density at radius 3 is 2.57 bits per heavy atom. The predicted molar refractivity (Wildman–Crippen MR) is 103 cm³/mol. The van der Waals surface area contributed by atoms with Gasteiger partial charge < -0.3 is 24.8 Å². The van der Waals surface area contributed by atoms with Crippen molar-refractivity contribution in [1.29, 1.82) is 0 Å². The van der Waals surface area contributed by atoms with Crippen LogP contribution in [0.2, 0.25) is 0 Å². The minimum Gasteiger partial charge on any atom is -0.486 e. The van der Waals surface area contributed by atoms with Crippen LogP contribution >= 0.6 is 0 Å². The molecule has 1 aliphatic heterocycles. The number of benzene rings is 2. The van der Waals surface area contributed by atoms with Gasteiger partial charge in [-0.3, -0.25) is 4.79 Å². The first-order valence-corrected chi connectivity index (χ1v) is 9.30. The number of alkyl carbamates (subject to hydrolysis) is 1. The zero-order valence-electron chi connectivity index (χ0n) is 15.6. The molecular weight excluding hydrogens is 360 g/mol. The minimum atomic E-state index is -0.490. The van der Waals surface area contributed by atoms with Crippen molar-refractivity contribution in [2.24, 2.45) is 0 Å². The summed E-state index contributed by atoms with van der Waals surface area (Å²) in [5, 5.41) is 5.47. The fraction of sp³-hybridized carbons (Fsp3) is 0.333. The third-order valence-electron chi connectivity index (χ3n) is 4.16. The van der Waals surface area contributed by atoms with Crippen molar-refractivity contribution in [3.05, 3.63) is 60.2 Å². The van der Waals surface area contributed by atoms with Crippen molar-refractivity contribution in [2.75, 3.05) is 19.7 Å². The Morgan fingerprint density at radius 2 is 1.75 bits per heavy atom. The zero-order valence-corrected chi connectivity index (χ0v) is 15.6. The van der Waals surface area contributed by atoms with Gasteiger partial charge in [0, 0.05) is 13.0 Å². The first-order chi connectivity index (χ1) is 13.7. The van der Waals surface area contributed by atoms with Gasteiger partial charge in [0.15, 0.2) is 11.5 Å². The van der Waals surface area contributed by atoms with Gasteiger partial charge in [-0.15, -0.1) is 0 Å². The maximum atomic E-state index is 11.9. The van der Waals surface area contributed by atoms with Crippen LogP contribution in [0.15, 0.2) is 54.6 Å². The summed E-state index contributed by atoms with van der Waals surface area (Å²) in [5.41, 5.74) is 0.925. The number of carbonyl (C=O) groups excluding carboxylic acids is 2. The van der Waals surface area contributed by atoms with Gasteiger partial charge in [0.2, 0.25) is 5.91 Å². The molecule has 0 aliphatic carbocycles. The zero-order chi connectivity index (χ0) is 19.6. The Kier molecular flexibility index (Phi) is 7.12. The molecule has 2 amide bonds. The first kappa shape index (κ1) is 19.5. The lowest BCUT2D eigenvalue weighted by atomic mass is 10.2. The van der Waals surface area contributed by atoms with E-state index < -0.39 is 6.09 Å². The van der Waals surface area contributed by atoms with E-state index in [2.05, 4.69) is 10.6 Å². The van der Waals surface area contributed by atoms with Gasteiger partial charge in [-0.05, 0) is 24.1 Å². The molecule has 0 saturated carbocycles. The standard InChI is InChI=1S/C21H24N2O5/c24-20(23-13-17-15-26-18-9-4-5-10-19(18)28-17)11-6-12-22-21(25)27-14-16-7-2-1-3-8-16/h1-5,7-10,17H,6,11-15H2,(H,22,25)(H,23,24). The van der Waals surface area contributed by atoms with Crippen LogP contribution < -0.4 is 20.1 Å². The summed E-state index contributed by atoms with van der Waals surface area (Å²) in [5.74, 6) is 1.31. The second-order valence-electron chi connectivity index (χ2n) is 6.39. The minimum absolute atomic E-state index is 0.0955. The Balaban J connectivity index is 1.24. The highest BCUT2D eigenvalue weighted by Crippen LogP contribution is 2.30. The van der Waals surface area contributed by atoms with Crippen molar-refractivity contribution in [1.82, 2.24) is 10.6 Å². The summed E-state index contributed by atoms with van der Waals surface area (Å²) in [4.78, 5) is 23.6. The summed E-state index contributed by atoms with van der Waals surface area (Å²) in [6, 6.07) is 16.9. The molecule has 1 heterocycles. The summed E-state index contributed by atoms with van der Waals surface area (Å²) >= 11 is 0. The average molecular weight is 384 g/mol. The van der Waals surface area contributed by atoms with Crippen LogP contribution in [0.5, 0.6) is 11.5 Å². The number of nitrogens with one attached hydrogen (secondary N) is 2. The number of amides is 2. The van der Waals surface area contributed by atoms with E-state index in [0.29, 0.717) is 38.3 Å². The fourth-order valence-electron chi connectivity index (χ4n) is 2.69. The molecule has 7 heteroatoms. The molecule has 2 N–H and O–H groups in total. The predicted octanol–water partition coefficient (Wildman–Crippen LogP) is 2.65. The Hall–Kier alpha value is -3.22. The smallest absolute Gasteiger partial charge is 0.407 e.